The van der Waals surface area contributed by atoms with Crippen LogP contribution in [0, 0.1) is 5.41 Å². The Morgan fingerprint density at radius 1 is 1.19 bits per heavy atom. The molecule has 1 aromatic carbocycles. The SMILES string of the molecule is CC1=C(C)C(C)(C(=O)CC(=O)c2ccccc2)C=CC1N. The topological polar surface area (TPSA) is 60.2 Å². The van der Waals surface area contributed by atoms with E-state index in [1.54, 1.807) is 24.3 Å². The molecule has 1 aliphatic carbocycles. The summed E-state index contributed by atoms with van der Waals surface area (Å²) in [6.45, 7) is 5.71. The molecule has 0 radical (unpaired) electrons. The smallest absolute Gasteiger partial charge is 0.170 e. The van der Waals surface area contributed by atoms with Crippen LogP contribution in [0.2, 0.25) is 0 Å². The quantitative estimate of drug-likeness (QED) is 0.525. The molecular formula is C18H21NO2. The van der Waals surface area contributed by atoms with Crippen molar-refractivity contribution in [2.24, 2.45) is 11.1 Å². The van der Waals surface area contributed by atoms with Crippen LogP contribution in [-0.4, -0.2) is 17.6 Å². The average Bonchev–Trinajstić information content (AvgIpc) is 2.50. The van der Waals surface area contributed by atoms with Crippen molar-refractivity contribution < 1.29 is 9.59 Å². The minimum absolute atomic E-state index is 0.0867. The molecule has 0 amide bonds. The Labute approximate surface area is 125 Å². The third kappa shape index (κ3) is 2.88. The van der Waals surface area contributed by atoms with Crippen molar-refractivity contribution >= 4 is 11.6 Å². The lowest BCUT2D eigenvalue weighted by Crippen LogP contribution is -2.35. The van der Waals surface area contributed by atoms with Crippen molar-refractivity contribution in [1.29, 1.82) is 0 Å². The number of hydrogen-bond acceptors (Lipinski definition) is 3. The van der Waals surface area contributed by atoms with Gasteiger partial charge < -0.3 is 5.73 Å². The first-order valence-corrected chi connectivity index (χ1v) is 7.10. The zero-order valence-electron chi connectivity index (χ0n) is 12.7. The highest BCUT2D eigenvalue weighted by atomic mass is 16.1. The average molecular weight is 283 g/mol. The Bertz CT molecular complexity index is 628. The van der Waals surface area contributed by atoms with Crippen LogP contribution in [0.3, 0.4) is 0 Å². The lowest BCUT2D eigenvalue weighted by atomic mass is 9.71. The molecule has 0 bridgehead atoms. The molecule has 0 aliphatic heterocycles. The summed E-state index contributed by atoms with van der Waals surface area (Å²) in [5, 5.41) is 0. The Morgan fingerprint density at radius 2 is 1.81 bits per heavy atom. The number of Topliss-reactive ketones (excluding diaryl/α,β-unsaturated/α-hetero) is 2. The van der Waals surface area contributed by atoms with E-state index in [0.29, 0.717) is 5.56 Å². The minimum Gasteiger partial charge on any atom is -0.321 e. The van der Waals surface area contributed by atoms with Crippen molar-refractivity contribution in [2.75, 3.05) is 0 Å². The number of nitrogens with two attached hydrogens (primary N) is 1. The second kappa shape index (κ2) is 5.78. The predicted octanol–water partition coefficient (Wildman–Crippen LogP) is 3.07. The van der Waals surface area contributed by atoms with E-state index in [2.05, 4.69) is 0 Å². The van der Waals surface area contributed by atoms with E-state index < -0.39 is 5.41 Å². The molecule has 21 heavy (non-hydrogen) atoms. The fourth-order valence-electron chi connectivity index (χ4n) is 2.58. The van der Waals surface area contributed by atoms with Gasteiger partial charge in [0.05, 0.1) is 11.8 Å². The first kappa shape index (κ1) is 15.4. The van der Waals surface area contributed by atoms with Crippen LogP contribution in [0.5, 0.6) is 0 Å². The van der Waals surface area contributed by atoms with Crippen molar-refractivity contribution in [2.45, 2.75) is 33.2 Å². The molecule has 1 aromatic rings. The summed E-state index contributed by atoms with van der Waals surface area (Å²) in [5.74, 6) is -0.230. The summed E-state index contributed by atoms with van der Waals surface area (Å²) in [5.41, 5.74) is 7.75. The Hall–Kier alpha value is -2.00. The molecular weight excluding hydrogens is 262 g/mol. The first-order valence-electron chi connectivity index (χ1n) is 7.10. The molecule has 1 aliphatic rings. The zero-order valence-corrected chi connectivity index (χ0v) is 12.7. The molecule has 2 N–H and O–H groups in total. The lowest BCUT2D eigenvalue weighted by molar-refractivity contribution is -0.123. The van der Waals surface area contributed by atoms with Gasteiger partial charge in [-0.05, 0) is 20.8 Å². The Kier molecular flexibility index (Phi) is 4.24. The van der Waals surface area contributed by atoms with Crippen LogP contribution < -0.4 is 5.73 Å². The predicted molar refractivity (Wildman–Crippen MR) is 84.0 cm³/mol. The maximum atomic E-state index is 12.6. The van der Waals surface area contributed by atoms with Crippen LogP contribution in [0.4, 0.5) is 0 Å². The third-order valence-electron chi connectivity index (χ3n) is 4.50. The van der Waals surface area contributed by atoms with Gasteiger partial charge in [0.2, 0.25) is 0 Å². The fourth-order valence-corrected chi connectivity index (χ4v) is 2.58. The summed E-state index contributed by atoms with van der Waals surface area (Å²) in [6.07, 6.45) is 3.58. The van der Waals surface area contributed by atoms with Gasteiger partial charge in [-0.25, -0.2) is 0 Å². The zero-order chi connectivity index (χ0) is 15.6. The van der Waals surface area contributed by atoms with Crippen LogP contribution >= 0.6 is 0 Å². The summed E-state index contributed by atoms with van der Waals surface area (Å²) in [7, 11) is 0. The normalized spacial score (nSPS) is 25.0. The van der Waals surface area contributed by atoms with Crippen molar-refractivity contribution in [3.8, 4) is 0 Å². The second-order valence-electron chi connectivity index (χ2n) is 5.78. The number of carbonyl (C=O) groups is 2. The molecule has 0 spiro atoms. The van der Waals surface area contributed by atoms with Crippen molar-refractivity contribution in [3.63, 3.8) is 0 Å². The van der Waals surface area contributed by atoms with Gasteiger partial charge in [-0.2, -0.15) is 0 Å². The number of hydrogen-bond donors (Lipinski definition) is 1. The summed E-state index contributed by atoms with van der Waals surface area (Å²) in [4.78, 5) is 24.8. The second-order valence-corrected chi connectivity index (χ2v) is 5.78. The molecule has 2 unspecified atom stereocenters. The van der Waals surface area contributed by atoms with Crippen molar-refractivity contribution in [3.05, 3.63) is 59.2 Å². The first-order chi connectivity index (χ1) is 9.86. The van der Waals surface area contributed by atoms with Gasteiger partial charge in [-0.15, -0.1) is 0 Å². The van der Waals surface area contributed by atoms with Gasteiger partial charge in [0.25, 0.3) is 0 Å². The van der Waals surface area contributed by atoms with Crippen LogP contribution in [-0.2, 0) is 4.79 Å². The molecule has 110 valence electrons. The molecule has 2 atom stereocenters. The molecule has 0 fully saturated rings. The van der Waals surface area contributed by atoms with Crippen molar-refractivity contribution in [1.82, 2.24) is 0 Å². The summed E-state index contributed by atoms with van der Waals surface area (Å²) < 4.78 is 0. The fraction of sp³-hybridized carbons (Fsp3) is 0.333. The maximum absolute atomic E-state index is 12.6. The molecule has 0 saturated carbocycles. The van der Waals surface area contributed by atoms with E-state index >= 15 is 0 Å². The van der Waals surface area contributed by atoms with Crippen LogP contribution in [0.25, 0.3) is 0 Å². The molecule has 3 heteroatoms. The van der Waals surface area contributed by atoms with Gasteiger partial charge in [0.1, 0.15) is 0 Å². The number of carbonyl (C=O) groups excluding carboxylic acids is 2. The summed E-state index contributed by atoms with van der Waals surface area (Å²) in [6, 6.07) is 8.77. The highest BCUT2D eigenvalue weighted by molar-refractivity contribution is 6.10. The Morgan fingerprint density at radius 3 is 2.43 bits per heavy atom. The van der Waals surface area contributed by atoms with E-state index in [4.69, 9.17) is 5.73 Å². The molecule has 0 saturated heterocycles. The molecule has 2 rings (SSSR count). The highest BCUT2D eigenvalue weighted by Gasteiger charge is 2.37. The lowest BCUT2D eigenvalue weighted by Gasteiger charge is -2.32. The van der Waals surface area contributed by atoms with Gasteiger partial charge in [-0.3, -0.25) is 9.59 Å². The summed E-state index contributed by atoms with van der Waals surface area (Å²) >= 11 is 0. The largest absolute Gasteiger partial charge is 0.321 e. The van der Waals surface area contributed by atoms with E-state index in [0.717, 1.165) is 11.1 Å². The van der Waals surface area contributed by atoms with Crippen LogP contribution in [0.1, 0.15) is 37.6 Å². The number of rotatable bonds is 4. The van der Waals surface area contributed by atoms with E-state index in [9.17, 15) is 9.59 Å². The monoisotopic (exact) mass is 283 g/mol. The number of allylic oxidation sites excluding steroid dienone is 2. The number of benzene rings is 1. The van der Waals surface area contributed by atoms with E-state index in [-0.39, 0.29) is 24.0 Å². The standard InChI is InChI=1S/C18H21NO2/c1-12-13(2)18(3,10-9-15(12)19)17(21)11-16(20)14-7-5-4-6-8-14/h4-10,15H,11,19H2,1-3H3. The minimum atomic E-state index is -0.732. The Balaban J connectivity index is 2.21. The maximum Gasteiger partial charge on any atom is 0.170 e. The number of ketones is 2. The third-order valence-corrected chi connectivity index (χ3v) is 4.50. The molecule has 0 aromatic heterocycles. The highest BCUT2D eigenvalue weighted by Crippen LogP contribution is 2.37. The van der Waals surface area contributed by atoms with E-state index in [1.165, 1.54) is 0 Å². The van der Waals surface area contributed by atoms with Crippen LogP contribution in [0.15, 0.2) is 53.6 Å². The van der Waals surface area contributed by atoms with Gasteiger partial charge in [0.15, 0.2) is 11.6 Å². The van der Waals surface area contributed by atoms with Gasteiger partial charge in [0, 0.05) is 11.6 Å². The molecule has 3 nitrogen and oxygen atoms in total. The van der Waals surface area contributed by atoms with Gasteiger partial charge >= 0.3 is 0 Å². The van der Waals surface area contributed by atoms with E-state index in [1.807, 2.05) is 39.0 Å². The van der Waals surface area contributed by atoms with Gasteiger partial charge in [-0.1, -0.05) is 53.6 Å². The molecule has 0 heterocycles.